The molecule has 0 aliphatic heterocycles. The fourth-order valence-electron chi connectivity index (χ4n) is 1.51. The number of nitrogens with one attached hydrogen (secondary N) is 1. The van der Waals surface area contributed by atoms with Crippen molar-refractivity contribution in [1.82, 2.24) is 9.78 Å². The Kier molecular flexibility index (Phi) is 4.86. The molecule has 2 aromatic rings. The van der Waals surface area contributed by atoms with Crippen molar-refractivity contribution in [2.24, 2.45) is 7.05 Å². The van der Waals surface area contributed by atoms with E-state index in [2.05, 4.69) is 34.7 Å². The molecule has 1 heterocycles. The molecule has 0 atom stereocenters. The minimum atomic E-state index is 0. The average molecular weight is 238 g/mol. The summed E-state index contributed by atoms with van der Waals surface area (Å²) in [7, 11) is 1.92. The SMILES string of the molecule is Cl.Cn1cc(NCCc2ccccc2)cn1. The number of hydrogen-bond acceptors (Lipinski definition) is 2. The first-order chi connectivity index (χ1) is 7.34. The highest BCUT2D eigenvalue weighted by molar-refractivity contribution is 5.85. The van der Waals surface area contributed by atoms with Gasteiger partial charge in [0.1, 0.15) is 0 Å². The van der Waals surface area contributed by atoms with Gasteiger partial charge in [-0.1, -0.05) is 30.3 Å². The Bertz CT molecular complexity index is 411. The number of nitrogens with zero attached hydrogens (tertiary/aromatic N) is 2. The van der Waals surface area contributed by atoms with Crippen LogP contribution in [0, 0.1) is 0 Å². The van der Waals surface area contributed by atoms with Gasteiger partial charge in [0.25, 0.3) is 0 Å². The molecule has 0 saturated heterocycles. The Balaban J connectivity index is 0.00000128. The van der Waals surface area contributed by atoms with Crippen LogP contribution < -0.4 is 5.32 Å². The topological polar surface area (TPSA) is 29.9 Å². The van der Waals surface area contributed by atoms with Gasteiger partial charge in [0.05, 0.1) is 11.9 Å². The maximum Gasteiger partial charge on any atom is 0.0726 e. The van der Waals surface area contributed by atoms with Crippen molar-refractivity contribution in [2.45, 2.75) is 6.42 Å². The van der Waals surface area contributed by atoms with Crippen molar-refractivity contribution < 1.29 is 0 Å². The summed E-state index contributed by atoms with van der Waals surface area (Å²) in [5, 5.41) is 7.43. The standard InChI is InChI=1S/C12H15N3.ClH/c1-15-10-12(9-14-15)13-8-7-11-5-3-2-4-6-11;/h2-6,9-10,13H,7-8H2,1H3;1H. The lowest BCUT2D eigenvalue weighted by Crippen LogP contribution is -2.03. The van der Waals surface area contributed by atoms with Crippen molar-refractivity contribution in [3.8, 4) is 0 Å². The zero-order valence-electron chi connectivity index (χ0n) is 9.26. The van der Waals surface area contributed by atoms with E-state index in [1.165, 1.54) is 5.56 Å². The van der Waals surface area contributed by atoms with Crippen LogP contribution in [0.4, 0.5) is 5.69 Å². The molecule has 0 aliphatic rings. The number of aryl methyl sites for hydroxylation is 1. The summed E-state index contributed by atoms with van der Waals surface area (Å²) in [6, 6.07) is 10.5. The van der Waals surface area contributed by atoms with Crippen molar-refractivity contribution in [2.75, 3.05) is 11.9 Å². The Labute approximate surface area is 102 Å². The largest absolute Gasteiger partial charge is 0.382 e. The highest BCUT2D eigenvalue weighted by Crippen LogP contribution is 2.04. The molecule has 0 radical (unpaired) electrons. The molecule has 1 aromatic heterocycles. The van der Waals surface area contributed by atoms with Gasteiger partial charge in [0.15, 0.2) is 0 Å². The summed E-state index contributed by atoms with van der Waals surface area (Å²) in [5.41, 5.74) is 2.43. The maximum absolute atomic E-state index is 4.10. The van der Waals surface area contributed by atoms with E-state index in [9.17, 15) is 0 Å². The molecular formula is C12H16ClN3. The number of aromatic nitrogens is 2. The summed E-state index contributed by atoms with van der Waals surface area (Å²) < 4.78 is 1.80. The van der Waals surface area contributed by atoms with Crippen LogP contribution >= 0.6 is 12.4 Å². The van der Waals surface area contributed by atoms with Gasteiger partial charge in [-0.05, 0) is 12.0 Å². The molecule has 0 unspecified atom stereocenters. The molecule has 1 N–H and O–H groups in total. The molecule has 3 nitrogen and oxygen atoms in total. The predicted octanol–water partition coefficient (Wildman–Crippen LogP) is 2.50. The lowest BCUT2D eigenvalue weighted by molar-refractivity contribution is 0.768. The second-order valence-corrected chi connectivity index (χ2v) is 3.57. The molecule has 0 bridgehead atoms. The van der Waals surface area contributed by atoms with Gasteiger partial charge in [-0.2, -0.15) is 5.10 Å². The van der Waals surface area contributed by atoms with Gasteiger partial charge in [0, 0.05) is 19.8 Å². The Hall–Kier alpha value is -1.48. The molecule has 4 heteroatoms. The third kappa shape index (κ3) is 3.59. The quantitative estimate of drug-likeness (QED) is 0.886. The van der Waals surface area contributed by atoms with Crippen molar-refractivity contribution in [3.05, 3.63) is 48.3 Å². The molecular weight excluding hydrogens is 222 g/mol. The first-order valence-corrected chi connectivity index (χ1v) is 5.11. The fourth-order valence-corrected chi connectivity index (χ4v) is 1.51. The van der Waals surface area contributed by atoms with Gasteiger partial charge in [-0.3, -0.25) is 4.68 Å². The van der Waals surface area contributed by atoms with E-state index in [0.29, 0.717) is 0 Å². The van der Waals surface area contributed by atoms with Crippen LogP contribution in [-0.2, 0) is 13.5 Å². The normalized spacial score (nSPS) is 9.56. The Morgan fingerprint density at radius 3 is 2.62 bits per heavy atom. The first kappa shape index (κ1) is 12.6. The predicted molar refractivity (Wildman–Crippen MR) is 69.1 cm³/mol. The smallest absolute Gasteiger partial charge is 0.0726 e. The molecule has 0 amide bonds. The first-order valence-electron chi connectivity index (χ1n) is 5.11. The minimum Gasteiger partial charge on any atom is -0.382 e. The number of benzene rings is 1. The Morgan fingerprint density at radius 2 is 2.00 bits per heavy atom. The van der Waals surface area contributed by atoms with Gasteiger partial charge in [0.2, 0.25) is 0 Å². The number of rotatable bonds is 4. The summed E-state index contributed by atoms with van der Waals surface area (Å²) in [6.07, 6.45) is 4.85. The minimum absolute atomic E-state index is 0. The van der Waals surface area contributed by atoms with Gasteiger partial charge >= 0.3 is 0 Å². The molecule has 0 spiro atoms. The zero-order chi connectivity index (χ0) is 10.5. The van der Waals surface area contributed by atoms with Crippen LogP contribution in [0.15, 0.2) is 42.7 Å². The van der Waals surface area contributed by atoms with E-state index in [1.807, 2.05) is 25.5 Å². The molecule has 16 heavy (non-hydrogen) atoms. The third-order valence-electron chi connectivity index (χ3n) is 2.29. The van der Waals surface area contributed by atoms with Gasteiger partial charge < -0.3 is 5.32 Å². The summed E-state index contributed by atoms with van der Waals surface area (Å²) >= 11 is 0. The monoisotopic (exact) mass is 237 g/mol. The number of anilines is 1. The fraction of sp³-hybridized carbons (Fsp3) is 0.250. The maximum atomic E-state index is 4.10. The number of hydrogen-bond donors (Lipinski definition) is 1. The number of halogens is 1. The second kappa shape index (κ2) is 6.18. The van der Waals surface area contributed by atoms with E-state index in [1.54, 1.807) is 4.68 Å². The van der Waals surface area contributed by atoms with E-state index < -0.39 is 0 Å². The average Bonchev–Trinajstić information content (AvgIpc) is 2.66. The van der Waals surface area contributed by atoms with Crippen molar-refractivity contribution >= 4 is 18.1 Å². The van der Waals surface area contributed by atoms with Crippen LogP contribution in [0.3, 0.4) is 0 Å². The second-order valence-electron chi connectivity index (χ2n) is 3.57. The highest BCUT2D eigenvalue weighted by atomic mass is 35.5. The van der Waals surface area contributed by atoms with Gasteiger partial charge in [-0.25, -0.2) is 0 Å². The molecule has 2 rings (SSSR count). The summed E-state index contributed by atoms with van der Waals surface area (Å²) in [6.45, 7) is 0.940. The van der Waals surface area contributed by atoms with Crippen LogP contribution in [0.25, 0.3) is 0 Å². The highest BCUT2D eigenvalue weighted by Gasteiger charge is 1.94. The third-order valence-corrected chi connectivity index (χ3v) is 2.29. The molecule has 1 aromatic carbocycles. The Morgan fingerprint density at radius 1 is 1.25 bits per heavy atom. The van der Waals surface area contributed by atoms with E-state index in [-0.39, 0.29) is 12.4 Å². The molecule has 0 saturated carbocycles. The lowest BCUT2D eigenvalue weighted by atomic mass is 10.1. The van der Waals surface area contributed by atoms with E-state index in [0.717, 1.165) is 18.7 Å². The van der Waals surface area contributed by atoms with E-state index in [4.69, 9.17) is 0 Å². The molecule has 0 aliphatic carbocycles. The summed E-state index contributed by atoms with van der Waals surface area (Å²) in [4.78, 5) is 0. The van der Waals surface area contributed by atoms with Crippen LogP contribution in [-0.4, -0.2) is 16.3 Å². The van der Waals surface area contributed by atoms with Crippen LogP contribution in [0.2, 0.25) is 0 Å². The summed E-state index contributed by atoms with van der Waals surface area (Å²) in [5.74, 6) is 0. The van der Waals surface area contributed by atoms with Crippen molar-refractivity contribution in [1.29, 1.82) is 0 Å². The van der Waals surface area contributed by atoms with Gasteiger partial charge in [-0.15, -0.1) is 12.4 Å². The molecule has 0 fully saturated rings. The lowest BCUT2D eigenvalue weighted by Gasteiger charge is -2.02. The van der Waals surface area contributed by atoms with E-state index >= 15 is 0 Å². The van der Waals surface area contributed by atoms with Crippen molar-refractivity contribution in [3.63, 3.8) is 0 Å². The zero-order valence-corrected chi connectivity index (χ0v) is 10.1. The molecule has 86 valence electrons. The van der Waals surface area contributed by atoms with Crippen LogP contribution in [0.1, 0.15) is 5.56 Å². The van der Waals surface area contributed by atoms with Crippen LogP contribution in [0.5, 0.6) is 0 Å².